The zero-order valence-electron chi connectivity index (χ0n) is 17.1. The zero-order valence-corrected chi connectivity index (χ0v) is 17.8. The molecule has 1 saturated heterocycles. The fraction of sp³-hybridized carbons (Fsp3) is 0.333. The first-order chi connectivity index (χ1) is 15.2. The van der Waals surface area contributed by atoms with E-state index in [1.165, 1.54) is 0 Å². The number of ether oxygens (including phenoxy) is 3. The molecule has 0 bridgehead atoms. The van der Waals surface area contributed by atoms with Gasteiger partial charge in [0.25, 0.3) is 0 Å². The van der Waals surface area contributed by atoms with Crippen LogP contribution in [0.2, 0.25) is 5.02 Å². The van der Waals surface area contributed by atoms with Crippen molar-refractivity contribution in [2.45, 2.75) is 38.5 Å². The Hall–Kier alpha value is -2.83. The van der Waals surface area contributed by atoms with Gasteiger partial charge >= 0.3 is 5.69 Å². The monoisotopic (exact) mass is 438 g/mol. The average molecular weight is 439 g/mol. The van der Waals surface area contributed by atoms with Crippen LogP contribution in [-0.4, -0.2) is 28.9 Å². The van der Waals surface area contributed by atoms with Gasteiger partial charge in [0.05, 0.1) is 11.8 Å². The quantitative estimate of drug-likeness (QED) is 0.575. The topological polar surface area (TPSA) is 62.6 Å². The van der Waals surface area contributed by atoms with E-state index < -0.39 is 0 Å². The van der Waals surface area contributed by atoms with Crippen molar-refractivity contribution >= 4 is 11.6 Å². The van der Waals surface area contributed by atoms with Crippen molar-refractivity contribution in [2.75, 3.05) is 13.2 Å². The SMILES string of the molecule is O=c1nc(OCC2CCCO2)cc2n1CCc1cc(OCc3ccccc3Cl)ccc1-2. The van der Waals surface area contributed by atoms with E-state index in [-0.39, 0.29) is 11.8 Å². The van der Waals surface area contributed by atoms with Crippen LogP contribution in [0.15, 0.2) is 53.3 Å². The van der Waals surface area contributed by atoms with Crippen molar-refractivity contribution < 1.29 is 14.2 Å². The van der Waals surface area contributed by atoms with Gasteiger partial charge in [-0.05, 0) is 49.1 Å². The molecular weight excluding hydrogens is 416 g/mol. The van der Waals surface area contributed by atoms with E-state index >= 15 is 0 Å². The number of aromatic nitrogens is 2. The van der Waals surface area contributed by atoms with Crippen molar-refractivity contribution in [1.82, 2.24) is 9.55 Å². The normalized spacial score (nSPS) is 17.1. The maximum absolute atomic E-state index is 12.6. The molecule has 0 N–H and O–H groups in total. The first kappa shape index (κ1) is 20.1. The van der Waals surface area contributed by atoms with Crippen LogP contribution in [0.25, 0.3) is 11.3 Å². The van der Waals surface area contributed by atoms with Gasteiger partial charge in [-0.25, -0.2) is 4.79 Å². The highest BCUT2D eigenvalue weighted by atomic mass is 35.5. The summed E-state index contributed by atoms with van der Waals surface area (Å²) in [7, 11) is 0. The van der Waals surface area contributed by atoms with Crippen molar-refractivity contribution in [2.24, 2.45) is 0 Å². The third kappa shape index (κ3) is 4.31. The second-order valence-electron chi connectivity index (χ2n) is 7.81. The zero-order chi connectivity index (χ0) is 21.2. The minimum absolute atomic E-state index is 0.0747. The van der Waals surface area contributed by atoms with Gasteiger partial charge in [0.15, 0.2) is 0 Å². The number of hydrogen-bond donors (Lipinski definition) is 0. The average Bonchev–Trinajstić information content (AvgIpc) is 3.30. The molecule has 2 aliphatic heterocycles. The summed E-state index contributed by atoms with van der Waals surface area (Å²) >= 11 is 6.22. The molecule has 3 aromatic rings. The Bertz CT molecular complexity index is 1150. The van der Waals surface area contributed by atoms with Gasteiger partial charge < -0.3 is 14.2 Å². The van der Waals surface area contributed by atoms with Crippen LogP contribution in [0.1, 0.15) is 24.0 Å². The van der Waals surface area contributed by atoms with Gasteiger partial charge in [-0.1, -0.05) is 29.8 Å². The highest BCUT2D eigenvalue weighted by Gasteiger charge is 2.21. The van der Waals surface area contributed by atoms with Crippen molar-refractivity contribution in [3.8, 4) is 22.9 Å². The molecule has 3 heterocycles. The Morgan fingerprint density at radius 2 is 2.06 bits per heavy atom. The standard InChI is InChI=1S/C24H23ClN2O4/c25-21-6-2-1-4-17(21)14-30-18-7-8-20-16(12-18)9-10-27-22(20)13-23(26-24(27)28)31-15-19-5-3-11-29-19/h1-2,4,6-8,12-13,19H,3,5,9-11,14-15H2. The summed E-state index contributed by atoms with van der Waals surface area (Å²) in [6.07, 6.45) is 2.83. The lowest BCUT2D eigenvalue weighted by Crippen LogP contribution is -2.29. The minimum atomic E-state index is -0.287. The van der Waals surface area contributed by atoms with E-state index in [2.05, 4.69) is 4.98 Å². The Labute approximate surface area is 185 Å². The highest BCUT2D eigenvalue weighted by Crippen LogP contribution is 2.32. The minimum Gasteiger partial charge on any atom is -0.489 e. The second kappa shape index (κ2) is 8.73. The largest absolute Gasteiger partial charge is 0.489 e. The molecule has 160 valence electrons. The molecule has 0 aliphatic carbocycles. The van der Waals surface area contributed by atoms with E-state index in [9.17, 15) is 4.79 Å². The predicted molar refractivity (Wildman–Crippen MR) is 118 cm³/mol. The molecule has 1 atom stereocenters. The molecule has 6 nitrogen and oxygen atoms in total. The van der Waals surface area contributed by atoms with E-state index in [1.807, 2.05) is 48.5 Å². The summed E-state index contributed by atoms with van der Waals surface area (Å²) in [5, 5.41) is 0.691. The number of fused-ring (bicyclic) bond motifs is 3. The van der Waals surface area contributed by atoms with Crippen LogP contribution in [0.4, 0.5) is 0 Å². The van der Waals surface area contributed by atoms with Gasteiger partial charge in [0.1, 0.15) is 19.0 Å². The fourth-order valence-corrected chi connectivity index (χ4v) is 4.27. The number of halogens is 1. The molecule has 1 unspecified atom stereocenters. The molecule has 7 heteroatoms. The van der Waals surface area contributed by atoms with E-state index in [4.69, 9.17) is 25.8 Å². The van der Waals surface area contributed by atoms with Crippen LogP contribution < -0.4 is 15.2 Å². The Kier molecular flexibility index (Phi) is 5.66. The summed E-state index contributed by atoms with van der Waals surface area (Å²) in [4.78, 5) is 16.7. The molecule has 0 radical (unpaired) electrons. The summed E-state index contributed by atoms with van der Waals surface area (Å²) in [5.74, 6) is 1.12. The van der Waals surface area contributed by atoms with E-state index in [0.717, 1.165) is 54.0 Å². The smallest absolute Gasteiger partial charge is 0.351 e. The summed E-state index contributed by atoms with van der Waals surface area (Å²) < 4.78 is 19.0. The maximum Gasteiger partial charge on any atom is 0.351 e. The van der Waals surface area contributed by atoms with Crippen LogP contribution in [0, 0.1) is 0 Å². The first-order valence-electron chi connectivity index (χ1n) is 10.5. The maximum atomic E-state index is 12.6. The third-order valence-corrected chi connectivity index (χ3v) is 6.11. The molecule has 2 aliphatic rings. The lowest BCUT2D eigenvalue weighted by molar-refractivity contribution is 0.0661. The number of hydrogen-bond acceptors (Lipinski definition) is 5. The molecule has 1 aromatic heterocycles. The number of benzene rings is 2. The van der Waals surface area contributed by atoms with Gasteiger partial charge in [0, 0.05) is 35.4 Å². The lowest BCUT2D eigenvalue weighted by Gasteiger charge is -2.22. The highest BCUT2D eigenvalue weighted by molar-refractivity contribution is 6.31. The molecule has 31 heavy (non-hydrogen) atoms. The summed E-state index contributed by atoms with van der Waals surface area (Å²) in [5.41, 5.74) is 3.61. The van der Waals surface area contributed by atoms with Crippen LogP contribution in [-0.2, 0) is 24.3 Å². The first-order valence-corrected chi connectivity index (χ1v) is 10.9. The van der Waals surface area contributed by atoms with Crippen LogP contribution >= 0.6 is 11.6 Å². The molecule has 5 rings (SSSR count). The number of aryl methyl sites for hydroxylation is 1. The predicted octanol–water partition coefficient (Wildman–Crippen LogP) is 4.26. The Morgan fingerprint density at radius 3 is 2.90 bits per heavy atom. The van der Waals surface area contributed by atoms with Crippen LogP contribution in [0.5, 0.6) is 11.6 Å². The van der Waals surface area contributed by atoms with Gasteiger partial charge in [-0.15, -0.1) is 0 Å². The molecule has 0 saturated carbocycles. The Morgan fingerprint density at radius 1 is 1.16 bits per heavy atom. The fourth-order valence-electron chi connectivity index (χ4n) is 4.08. The molecular formula is C24H23ClN2O4. The molecule has 0 amide bonds. The third-order valence-electron chi connectivity index (χ3n) is 5.74. The van der Waals surface area contributed by atoms with Gasteiger partial charge in [-0.3, -0.25) is 4.57 Å². The molecule has 0 spiro atoms. The Balaban J connectivity index is 1.36. The van der Waals surface area contributed by atoms with Crippen molar-refractivity contribution in [3.63, 3.8) is 0 Å². The summed E-state index contributed by atoms with van der Waals surface area (Å²) in [6.45, 7) is 2.16. The van der Waals surface area contributed by atoms with E-state index in [0.29, 0.717) is 30.7 Å². The van der Waals surface area contributed by atoms with Crippen LogP contribution in [0.3, 0.4) is 0 Å². The summed E-state index contributed by atoms with van der Waals surface area (Å²) in [6, 6.07) is 15.4. The van der Waals surface area contributed by atoms with Crippen molar-refractivity contribution in [3.05, 3.63) is 75.2 Å². The van der Waals surface area contributed by atoms with Gasteiger partial charge in [0.2, 0.25) is 5.88 Å². The molecule has 2 aromatic carbocycles. The number of rotatable bonds is 6. The van der Waals surface area contributed by atoms with Crippen molar-refractivity contribution in [1.29, 1.82) is 0 Å². The number of nitrogens with zero attached hydrogens (tertiary/aromatic N) is 2. The lowest BCUT2D eigenvalue weighted by atomic mass is 9.97. The van der Waals surface area contributed by atoms with E-state index in [1.54, 1.807) is 4.57 Å². The second-order valence-corrected chi connectivity index (χ2v) is 8.22. The van der Waals surface area contributed by atoms with Gasteiger partial charge in [-0.2, -0.15) is 4.98 Å². The molecule has 1 fully saturated rings.